The molecule has 1 aromatic carbocycles. The van der Waals surface area contributed by atoms with Gasteiger partial charge in [0.15, 0.2) is 5.78 Å². The summed E-state index contributed by atoms with van der Waals surface area (Å²) in [5, 5.41) is 18.2. The predicted molar refractivity (Wildman–Crippen MR) is 175 cm³/mol. The molecule has 3 aromatic heterocycles. The maximum absolute atomic E-state index is 14.3. The fraction of sp³-hybridized carbons (Fsp3) is 0.394. The number of hydrogen-bond donors (Lipinski definition) is 1. The number of benzene rings is 1. The summed E-state index contributed by atoms with van der Waals surface area (Å²) in [7, 11) is 3.98. The molecule has 4 atom stereocenters. The highest BCUT2D eigenvalue weighted by Crippen LogP contribution is 2.64. The number of halogens is 1. The Labute approximate surface area is 275 Å². The van der Waals surface area contributed by atoms with Crippen molar-refractivity contribution in [3.63, 3.8) is 0 Å². The summed E-state index contributed by atoms with van der Waals surface area (Å²) in [6.45, 7) is 7.64. The van der Waals surface area contributed by atoms with Crippen molar-refractivity contribution in [2.75, 3.05) is 26.0 Å². The highest BCUT2D eigenvalue weighted by molar-refractivity contribution is 9.10. The summed E-state index contributed by atoms with van der Waals surface area (Å²) >= 11 is 3.37. The van der Waals surface area contributed by atoms with Crippen LogP contribution in [0.5, 0.6) is 0 Å². The zero-order valence-corrected chi connectivity index (χ0v) is 28.1. The zero-order chi connectivity index (χ0) is 33.1. The van der Waals surface area contributed by atoms with E-state index in [-0.39, 0.29) is 52.8 Å². The second kappa shape index (κ2) is 11.7. The number of ketones is 1. The van der Waals surface area contributed by atoms with Gasteiger partial charge in [0.05, 0.1) is 11.1 Å². The summed E-state index contributed by atoms with van der Waals surface area (Å²) in [4.78, 5) is 57.7. The molecule has 0 radical (unpaired) electrons. The van der Waals surface area contributed by atoms with Gasteiger partial charge in [-0.15, -0.1) is 0 Å². The molecule has 2 amide bonds. The number of anilines is 1. The van der Waals surface area contributed by atoms with Gasteiger partial charge in [0.1, 0.15) is 40.6 Å². The molecule has 6 rings (SSSR count). The molecule has 13 heteroatoms. The number of rotatable bonds is 8. The molecule has 2 unspecified atom stereocenters. The van der Waals surface area contributed by atoms with Crippen LogP contribution in [0.2, 0.25) is 0 Å². The topological polar surface area (TPSA) is 150 Å². The summed E-state index contributed by atoms with van der Waals surface area (Å²) in [5.74, 6) is 0.306. The number of carbonyl (C=O) groups excluding carboxylic acids is 3. The number of Topliss-reactive ketones (excluding diaryl/α,β-unsaturated/α-hetero) is 1. The minimum absolute atomic E-state index is 0.146. The van der Waals surface area contributed by atoms with Crippen LogP contribution in [0.3, 0.4) is 0 Å². The van der Waals surface area contributed by atoms with Crippen LogP contribution in [0, 0.1) is 36.5 Å². The third-order valence-electron chi connectivity index (χ3n) is 9.27. The van der Waals surface area contributed by atoms with Gasteiger partial charge < -0.3 is 15.1 Å². The molecule has 2 aliphatic rings. The van der Waals surface area contributed by atoms with E-state index in [0.717, 1.165) is 12.1 Å². The average molecular weight is 685 g/mol. The first kappa shape index (κ1) is 31.4. The number of nitrogens with zero attached hydrogens (tertiary/aromatic N) is 8. The highest BCUT2D eigenvalue weighted by atomic mass is 79.9. The van der Waals surface area contributed by atoms with Gasteiger partial charge in [0.2, 0.25) is 11.8 Å². The van der Waals surface area contributed by atoms with E-state index in [2.05, 4.69) is 59.2 Å². The van der Waals surface area contributed by atoms with Gasteiger partial charge in [-0.1, -0.05) is 13.0 Å². The van der Waals surface area contributed by atoms with Crippen LogP contribution in [0.1, 0.15) is 47.7 Å². The lowest BCUT2D eigenvalue weighted by atomic mass is 9.95. The molecule has 1 N–H and O–H groups in total. The number of fused-ring (bicyclic) bond motifs is 2. The Kier molecular flexibility index (Phi) is 7.98. The third kappa shape index (κ3) is 5.35. The number of likely N-dealkylation sites (tertiary alicyclic amines) is 1. The lowest BCUT2D eigenvalue weighted by Gasteiger charge is -2.28. The summed E-state index contributed by atoms with van der Waals surface area (Å²) in [5.41, 5.74) is 2.71. The smallest absolute Gasteiger partial charge is 0.248 e. The molecule has 0 spiro atoms. The highest BCUT2D eigenvalue weighted by Gasteiger charge is 2.72. The number of hydrogen-bond acceptors (Lipinski definition) is 9. The standard InChI is InChI=1S/C33H34BrN9O3/c1-17-7-8-26(34)38-31(17)39-32(46)25-11-33(16-41(5)6)18(2)30(33)43(25)27(45)15-42-29-22(12-35)9-21(23-13-36-20(4)37-14-23)10-24(29)28(40-42)19(3)44/h7-10,13-14,18,25,30H,11,15-16H2,1-6H3,(H,38,39,46)/t18?,25-,30?,33-/m0/s1. The maximum Gasteiger partial charge on any atom is 0.248 e. The number of aryl methyl sites for hydroxylation is 2. The molecule has 2 fully saturated rings. The third-order valence-corrected chi connectivity index (χ3v) is 9.71. The normalized spacial score (nSPS) is 21.7. The van der Waals surface area contributed by atoms with E-state index in [9.17, 15) is 19.6 Å². The fourth-order valence-corrected chi connectivity index (χ4v) is 7.42. The van der Waals surface area contributed by atoms with Gasteiger partial charge >= 0.3 is 0 Å². The number of nitriles is 1. The van der Waals surface area contributed by atoms with E-state index >= 15 is 0 Å². The van der Waals surface area contributed by atoms with Crippen molar-refractivity contribution in [2.45, 2.75) is 52.7 Å². The monoisotopic (exact) mass is 683 g/mol. The molecule has 4 heterocycles. The minimum Gasteiger partial charge on any atom is -0.325 e. The SMILES string of the molecule is CC(=O)c1nn(CC(=O)N2C3C(C)[C@@]3(CN(C)C)C[C@H]2C(=O)Nc2nc(Br)ccc2C)c2c(C#N)cc(-c3cnc(C)nc3)cc12. The first-order valence-electron chi connectivity index (χ1n) is 15.0. The van der Waals surface area contributed by atoms with Crippen LogP contribution in [-0.4, -0.2) is 84.9 Å². The van der Waals surface area contributed by atoms with Gasteiger partial charge in [-0.25, -0.2) is 15.0 Å². The fourth-order valence-electron chi connectivity index (χ4n) is 7.12. The molecule has 46 heavy (non-hydrogen) atoms. The Morgan fingerprint density at radius 1 is 1.15 bits per heavy atom. The molecule has 1 saturated carbocycles. The average Bonchev–Trinajstić information content (AvgIpc) is 3.28. The van der Waals surface area contributed by atoms with Crippen LogP contribution < -0.4 is 5.32 Å². The first-order valence-corrected chi connectivity index (χ1v) is 15.8. The summed E-state index contributed by atoms with van der Waals surface area (Å²) in [6.07, 6.45) is 3.82. The van der Waals surface area contributed by atoms with Crippen LogP contribution in [-0.2, 0) is 16.1 Å². The van der Waals surface area contributed by atoms with Crippen molar-refractivity contribution in [3.8, 4) is 17.2 Å². The van der Waals surface area contributed by atoms with Gasteiger partial charge in [-0.05, 0) is 85.5 Å². The van der Waals surface area contributed by atoms with Gasteiger partial charge in [0.25, 0.3) is 0 Å². The van der Waals surface area contributed by atoms with Crippen molar-refractivity contribution in [1.82, 2.24) is 34.5 Å². The van der Waals surface area contributed by atoms with E-state index in [1.165, 1.54) is 11.6 Å². The van der Waals surface area contributed by atoms with Gasteiger partial charge in [-0.3, -0.25) is 19.1 Å². The number of nitrogens with one attached hydrogen (secondary N) is 1. The number of aromatic nitrogens is 5. The van der Waals surface area contributed by atoms with Crippen LogP contribution in [0.25, 0.3) is 22.0 Å². The maximum atomic E-state index is 14.3. The quantitative estimate of drug-likeness (QED) is 0.213. The Morgan fingerprint density at radius 3 is 2.52 bits per heavy atom. The Bertz CT molecular complexity index is 1950. The molecule has 236 valence electrons. The van der Waals surface area contributed by atoms with E-state index in [4.69, 9.17) is 0 Å². The van der Waals surface area contributed by atoms with Crippen LogP contribution in [0.4, 0.5) is 5.82 Å². The lowest BCUT2D eigenvalue weighted by molar-refractivity contribution is -0.138. The zero-order valence-electron chi connectivity index (χ0n) is 26.5. The lowest BCUT2D eigenvalue weighted by Crippen LogP contribution is -2.47. The van der Waals surface area contributed by atoms with Crippen LogP contribution >= 0.6 is 15.9 Å². The minimum atomic E-state index is -0.730. The van der Waals surface area contributed by atoms with Crippen molar-refractivity contribution in [2.24, 2.45) is 11.3 Å². The number of pyridine rings is 1. The van der Waals surface area contributed by atoms with Gasteiger partial charge in [-0.2, -0.15) is 10.4 Å². The molecular formula is C33H34BrN9O3. The largest absolute Gasteiger partial charge is 0.325 e. The summed E-state index contributed by atoms with van der Waals surface area (Å²) < 4.78 is 2.02. The molecule has 12 nitrogen and oxygen atoms in total. The van der Waals surface area contributed by atoms with Crippen molar-refractivity contribution in [1.29, 1.82) is 5.26 Å². The molecule has 4 aromatic rings. The molecule has 1 aliphatic carbocycles. The first-order chi connectivity index (χ1) is 21.8. The number of amides is 2. The van der Waals surface area contributed by atoms with Gasteiger partial charge in [0, 0.05) is 48.3 Å². The Morgan fingerprint density at radius 2 is 1.87 bits per heavy atom. The van der Waals surface area contributed by atoms with Crippen molar-refractivity contribution >= 4 is 50.2 Å². The molecule has 1 aliphatic heterocycles. The summed E-state index contributed by atoms with van der Waals surface area (Å²) in [6, 6.07) is 8.47. The van der Waals surface area contributed by atoms with E-state index < -0.39 is 6.04 Å². The molecule has 0 bridgehead atoms. The Hall–Kier alpha value is -4.54. The van der Waals surface area contributed by atoms with Crippen molar-refractivity contribution < 1.29 is 14.4 Å². The predicted octanol–water partition coefficient (Wildman–Crippen LogP) is 4.15. The second-order valence-corrected chi connectivity index (χ2v) is 13.4. The van der Waals surface area contributed by atoms with Crippen molar-refractivity contribution in [3.05, 3.63) is 63.9 Å². The number of piperidine rings is 1. The molecule has 1 saturated heterocycles. The van der Waals surface area contributed by atoms with E-state index in [1.807, 2.05) is 27.1 Å². The Balaban J connectivity index is 1.38. The van der Waals surface area contributed by atoms with E-state index in [1.54, 1.807) is 42.4 Å². The van der Waals surface area contributed by atoms with Crippen LogP contribution in [0.15, 0.2) is 41.3 Å². The number of carbonyl (C=O) groups is 3. The van der Waals surface area contributed by atoms with E-state index in [0.29, 0.717) is 44.7 Å². The second-order valence-electron chi connectivity index (χ2n) is 12.6. The molecular weight excluding hydrogens is 650 g/mol.